The maximum atomic E-state index is 11.4. The van der Waals surface area contributed by atoms with Gasteiger partial charge in [-0.2, -0.15) is 0 Å². The number of aliphatic imine (C=N–C) groups is 1. The number of aliphatic hydroxyl groups excluding tert-OH is 1. The molecule has 8 nitrogen and oxygen atoms in total. The Morgan fingerprint density at radius 3 is 2.42 bits per heavy atom. The Labute approximate surface area is 181 Å². The first-order valence-electron chi connectivity index (χ1n) is 9.81. The third-order valence-electron chi connectivity index (χ3n) is 4.56. The molecule has 0 aliphatic heterocycles. The van der Waals surface area contributed by atoms with Gasteiger partial charge in [0.15, 0.2) is 5.96 Å². The highest BCUT2D eigenvalue weighted by Gasteiger charge is 2.09. The van der Waals surface area contributed by atoms with E-state index in [2.05, 4.69) is 15.6 Å². The van der Waals surface area contributed by atoms with E-state index in [-0.39, 0.29) is 11.4 Å². The van der Waals surface area contributed by atoms with E-state index >= 15 is 0 Å². The summed E-state index contributed by atoms with van der Waals surface area (Å²) in [5.41, 5.74) is 1.63. The van der Waals surface area contributed by atoms with E-state index < -0.39 is 16.1 Å². The molecule has 1 heterocycles. The number of hydrogen-bond acceptors (Lipinski definition) is 5. The molecule has 2 aromatic carbocycles. The molecule has 3 aromatic rings. The Morgan fingerprint density at radius 1 is 1.03 bits per heavy atom. The molecule has 0 fully saturated rings. The molecule has 1 aromatic heterocycles. The van der Waals surface area contributed by atoms with Gasteiger partial charge < -0.3 is 20.2 Å². The molecule has 0 bridgehead atoms. The SMILES string of the molecule is NS(=O)(=O)c1ccc(CN=C(NCCc2ccco2)NCC(O)c2ccccc2)cc1. The third-order valence-corrected chi connectivity index (χ3v) is 5.49. The van der Waals surface area contributed by atoms with Gasteiger partial charge in [-0.1, -0.05) is 42.5 Å². The van der Waals surface area contributed by atoms with Crippen LogP contribution in [0, 0.1) is 0 Å². The number of sulfonamides is 1. The van der Waals surface area contributed by atoms with Crippen LogP contribution in [0.1, 0.15) is 23.0 Å². The van der Waals surface area contributed by atoms with Crippen molar-refractivity contribution in [3.63, 3.8) is 0 Å². The first kappa shape index (κ1) is 22.5. The Bertz CT molecular complexity index is 1070. The Morgan fingerprint density at radius 2 is 1.77 bits per heavy atom. The summed E-state index contributed by atoms with van der Waals surface area (Å²) in [5.74, 6) is 1.38. The molecule has 0 saturated carbocycles. The molecule has 0 spiro atoms. The Balaban J connectivity index is 1.63. The topological polar surface area (TPSA) is 130 Å². The molecule has 0 aliphatic carbocycles. The van der Waals surface area contributed by atoms with Gasteiger partial charge in [0.1, 0.15) is 5.76 Å². The zero-order valence-electron chi connectivity index (χ0n) is 16.9. The lowest BCUT2D eigenvalue weighted by atomic mass is 10.1. The van der Waals surface area contributed by atoms with Crippen molar-refractivity contribution in [2.45, 2.75) is 24.0 Å². The minimum atomic E-state index is -3.73. The molecule has 1 atom stereocenters. The Hall–Kier alpha value is -3.14. The van der Waals surface area contributed by atoms with Gasteiger partial charge in [-0.05, 0) is 35.4 Å². The van der Waals surface area contributed by atoms with E-state index in [4.69, 9.17) is 9.56 Å². The molecule has 31 heavy (non-hydrogen) atoms. The van der Waals surface area contributed by atoms with Crippen LogP contribution in [0.25, 0.3) is 0 Å². The predicted molar refractivity (Wildman–Crippen MR) is 119 cm³/mol. The normalized spacial score (nSPS) is 13.0. The van der Waals surface area contributed by atoms with Crippen LogP contribution in [0.3, 0.4) is 0 Å². The van der Waals surface area contributed by atoms with Gasteiger partial charge in [0.2, 0.25) is 10.0 Å². The second kappa shape index (κ2) is 10.8. The summed E-state index contributed by atoms with van der Waals surface area (Å²) in [7, 11) is -3.73. The average Bonchev–Trinajstić information content (AvgIpc) is 3.29. The van der Waals surface area contributed by atoms with Crippen molar-refractivity contribution >= 4 is 16.0 Å². The van der Waals surface area contributed by atoms with Gasteiger partial charge >= 0.3 is 0 Å². The highest BCUT2D eigenvalue weighted by molar-refractivity contribution is 7.89. The number of furan rings is 1. The number of nitrogens with two attached hydrogens (primary N) is 1. The smallest absolute Gasteiger partial charge is 0.238 e. The number of primary sulfonamides is 1. The first-order valence-corrected chi connectivity index (χ1v) is 11.4. The summed E-state index contributed by atoms with van der Waals surface area (Å²) in [6.07, 6.45) is 1.62. The van der Waals surface area contributed by atoms with Crippen LogP contribution in [-0.2, 0) is 23.0 Å². The van der Waals surface area contributed by atoms with Gasteiger partial charge in [0.05, 0.1) is 23.8 Å². The molecule has 1 unspecified atom stereocenters. The maximum absolute atomic E-state index is 11.4. The van der Waals surface area contributed by atoms with E-state index in [1.165, 1.54) is 12.1 Å². The number of benzene rings is 2. The number of nitrogens with zero attached hydrogens (tertiary/aromatic N) is 1. The molecule has 0 saturated heterocycles. The number of rotatable bonds is 9. The van der Waals surface area contributed by atoms with Gasteiger partial charge in [-0.25, -0.2) is 18.5 Å². The molecule has 5 N–H and O–H groups in total. The quantitative estimate of drug-likeness (QED) is 0.296. The fourth-order valence-corrected chi connectivity index (χ4v) is 3.39. The fourth-order valence-electron chi connectivity index (χ4n) is 2.87. The van der Waals surface area contributed by atoms with Crippen molar-refractivity contribution in [1.29, 1.82) is 0 Å². The van der Waals surface area contributed by atoms with Crippen LogP contribution in [0.4, 0.5) is 0 Å². The van der Waals surface area contributed by atoms with Gasteiger partial charge in [0, 0.05) is 19.5 Å². The standard InChI is InChI=1S/C22H26N4O4S/c23-31(28,29)20-10-8-17(9-11-20)15-25-22(24-13-12-19-7-4-14-30-19)26-16-21(27)18-5-2-1-3-6-18/h1-11,14,21,27H,12-13,15-16H2,(H2,23,28,29)(H2,24,25,26). The summed E-state index contributed by atoms with van der Waals surface area (Å²) in [6, 6.07) is 19.4. The number of hydrogen-bond donors (Lipinski definition) is 4. The van der Waals surface area contributed by atoms with Gasteiger partial charge in [-0.3, -0.25) is 0 Å². The number of aliphatic hydroxyl groups is 1. The fraction of sp³-hybridized carbons (Fsp3) is 0.227. The zero-order chi connectivity index (χ0) is 22.1. The predicted octanol–water partition coefficient (Wildman–Crippen LogP) is 1.94. The number of nitrogens with one attached hydrogen (secondary N) is 2. The van der Waals surface area contributed by atoms with Crippen LogP contribution in [0.2, 0.25) is 0 Å². The summed E-state index contributed by atoms with van der Waals surface area (Å²) < 4.78 is 28.1. The Kier molecular flexibility index (Phi) is 7.82. The summed E-state index contributed by atoms with van der Waals surface area (Å²) in [6.45, 7) is 1.19. The monoisotopic (exact) mass is 442 g/mol. The van der Waals surface area contributed by atoms with Crippen molar-refractivity contribution in [2.24, 2.45) is 10.1 Å². The van der Waals surface area contributed by atoms with Crippen LogP contribution < -0.4 is 15.8 Å². The summed E-state index contributed by atoms with van der Waals surface area (Å²) in [4.78, 5) is 4.60. The highest BCUT2D eigenvalue weighted by atomic mass is 32.2. The molecule has 3 rings (SSSR count). The second-order valence-electron chi connectivity index (χ2n) is 6.92. The van der Waals surface area contributed by atoms with Crippen LogP contribution >= 0.6 is 0 Å². The van der Waals surface area contributed by atoms with E-state index in [1.807, 2.05) is 42.5 Å². The van der Waals surface area contributed by atoms with Crippen LogP contribution in [0.15, 0.2) is 87.3 Å². The molecule has 0 amide bonds. The maximum Gasteiger partial charge on any atom is 0.238 e. The van der Waals surface area contributed by atoms with Crippen molar-refractivity contribution in [3.8, 4) is 0 Å². The molecule has 164 valence electrons. The van der Waals surface area contributed by atoms with Crippen LogP contribution in [-0.4, -0.2) is 32.6 Å². The lowest BCUT2D eigenvalue weighted by molar-refractivity contribution is 0.181. The second-order valence-corrected chi connectivity index (χ2v) is 8.48. The first-order chi connectivity index (χ1) is 14.9. The van der Waals surface area contributed by atoms with Crippen molar-refractivity contribution in [3.05, 3.63) is 89.9 Å². The third kappa shape index (κ3) is 7.25. The minimum Gasteiger partial charge on any atom is -0.469 e. The lowest BCUT2D eigenvalue weighted by Gasteiger charge is -2.16. The van der Waals surface area contributed by atoms with Crippen molar-refractivity contribution < 1.29 is 17.9 Å². The van der Waals surface area contributed by atoms with E-state index in [0.717, 1.165) is 16.9 Å². The average molecular weight is 443 g/mol. The van der Waals surface area contributed by atoms with E-state index in [0.29, 0.717) is 25.5 Å². The zero-order valence-corrected chi connectivity index (χ0v) is 17.8. The van der Waals surface area contributed by atoms with E-state index in [9.17, 15) is 13.5 Å². The minimum absolute atomic E-state index is 0.0566. The lowest BCUT2D eigenvalue weighted by Crippen LogP contribution is -2.40. The highest BCUT2D eigenvalue weighted by Crippen LogP contribution is 2.11. The van der Waals surface area contributed by atoms with E-state index in [1.54, 1.807) is 18.4 Å². The molecule has 0 radical (unpaired) electrons. The van der Waals surface area contributed by atoms with Crippen molar-refractivity contribution in [2.75, 3.05) is 13.1 Å². The molecular weight excluding hydrogens is 416 g/mol. The van der Waals surface area contributed by atoms with Gasteiger partial charge in [0.25, 0.3) is 0 Å². The number of guanidine groups is 1. The summed E-state index contributed by atoms with van der Waals surface area (Å²) >= 11 is 0. The summed E-state index contributed by atoms with van der Waals surface area (Å²) in [5, 5.41) is 21.9. The van der Waals surface area contributed by atoms with Gasteiger partial charge in [-0.15, -0.1) is 0 Å². The molecule has 9 heteroatoms. The van der Waals surface area contributed by atoms with Crippen LogP contribution in [0.5, 0.6) is 0 Å². The van der Waals surface area contributed by atoms with Crippen molar-refractivity contribution in [1.82, 2.24) is 10.6 Å². The molecular formula is C22H26N4O4S. The largest absolute Gasteiger partial charge is 0.469 e. The molecule has 0 aliphatic rings.